The Labute approximate surface area is 147 Å². The minimum Gasteiger partial charge on any atom is -0.492 e. The number of aryl methyl sites for hydroxylation is 1. The molecular formula is C19H24N2O4. The van der Waals surface area contributed by atoms with Crippen LogP contribution in [-0.4, -0.2) is 22.3 Å². The summed E-state index contributed by atoms with van der Waals surface area (Å²) >= 11 is 0. The number of ketones is 1. The van der Waals surface area contributed by atoms with E-state index in [1.165, 1.54) is 13.0 Å². The maximum absolute atomic E-state index is 12.1. The molecule has 0 amide bonds. The molecule has 6 heteroatoms. The smallest absolute Gasteiger partial charge is 0.296 e. The zero-order valence-corrected chi connectivity index (χ0v) is 15.0. The molecule has 0 aliphatic heterocycles. The standard InChI is InChI=1S/C19H24N2O4/c1-4-6-7-8-11-25-19-15(13(3)22)12-16(21(23)24)18-17(19)14(5-2)9-10-20-18/h9-10,12H,4-8,11H2,1-3H3. The number of carbonyl (C=O) groups is 1. The fourth-order valence-corrected chi connectivity index (χ4v) is 2.90. The Hall–Kier alpha value is -2.50. The van der Waals surface area contributed by atoms with E-state index in [1.54, 1.807) is 6.20 Å². The second-order valence-electron chi connectivity index (χ2n) is 6.04. The van der Waals surface area contributed by atoms with E-state index in [1.807, 2.05) is 13.0 Å². The van der Waals surface area contributed by atoms with E-state index in [-0.39, 0.29) is 22.6 Å². The molecule has 0 spiro atoms. The van der Waals surface area contributed by atoms with E-state index >= 15 is 0 Å². The highest BCUT2D eigenvalue weighted by Gasteiger charge is 2.24. The third kappa shape index (κ3) is 4.13. The van der Waals surface area contributed by atoms with Gasteiger partial charge in [-0.2, -0.15) is 0 Å². The zero-order chi connectivity index (χ0) is 18.4. The minimum absolute atomic E-state index is 0.158. The van der Waals surface area contributed by atoms with E-state index < -0.39 is 4.92 Å². The fraction of sp³-hybridized carbons (Fsp3) is 0.474. The van der Waals surface area contributed by atoms with Crippen LogP contribution in [0.3, 0.4) is 0 Å². The van der Waals surface area contributed by atoms with Crippen molar-refractivity contribution in [1.29, 1.82) is 0 Å². The molecule has 0 aliphatic carbocycles. The second kappa shape index (κ2) is 8.55. The van der Waals surface area contributed by atoms with Crippen molar-refractivity contribution in [3.63, 3.8) is 0 Å². The van der Waals surface area contributed by atoms with Crippen molar-refractivity contribution in [1.82, 2.24) is 4.98 Å². The molecule has 0 saturated heterocycles. The topological polar surface area (TPSA) is 82.3 Å². The summed E-state index contributed by atoms with van der Waals surface area (Å²) in [6, 6.07) is 3.11. The molecular weight excluding hydrogens is 320 g/mol. The maximum Gasteiger partial charge on any atom is 0.296 e. The van der Waals surface area contributed by atoms with Crippen molar-refractivity contribution in [3.8, 4) is 5.75 Å². The summed E-state index contributed by atoms with van der Waals surface area (Å²) in [6.07, 6.45) is 6.42. The Bertz CT molecular complexity index is 787. The Balaban J connectivity index is 2.59. The van der Waals surface area contributed by atoms with Gasteiger partial charge in [-0.3, -0.25) is 14.9 Å². The lowest BCUT2D eigenvalue weighted by molar-refractivity contribution is -0.383. The minimum atomic E-state index is -0.494. The van der Waals surface area contributed by atoms with Gasteiger partial charge >= 0.3 is 0 Å². The van der Waals surface area contributed by atoms with Crippen LogP contribution < -0.4 is 4.74 Å². The number of rotatable bonds is 9. The monoisotopic (exact) mass is 344 g/mol. The van der Waals surface area contributed by atoms with Crippen LogP contribution in [0.1, 0.15) is 62.4 Å². The van der Waals surface area contributed by atoms with Crippen molar-refractivity contribution in [2.45, 2.75) is 52.9 Å². The van der Waals surface area contributed by atoms with Crippen molar-refractivity contribution >= 4 is 22.4 Å². The number of fused-ring (bicyclic) bond motifs is 1. The van der Waals surface area contributed by atoms with Crippen molar-refractivity contribution in [2.24, 2.45) is 0 Å². The van der Waals surface area contributed by atoms with Crippen LogP contribution in [0, 0.1) is 10.1 Å². The molecule has 0 radical (unpaired) electrons. The highest BCUT2D eigenvalue weighted by molar-refractivity contribution is 6.07. The number of ether oxygens (including phenoxy) is 1. The number of carbonyl (C=O) groups excluding carboxylic acids is 1. The lowest BCUT2D eigenvalue weighted by atomic mass is 9.99. The number of benzene rings is 1. The number of nitro groups is 1. The number of Topliss-reactive ketones (excluding diaryl/α,β-unsaturated/α-hetero) is 1. The van der Waals surface area contributed by atoms with Crippen LogP contribution in [0.15, 0.2) is 18.3 Å². The van der Waals surface area contributed by atoms with Gasteiger partial charge in [-0.15, -0.1) is 0 Å². The van der Waals surface area contributed by atoms with Crippen LogP contribution >= 0.6 is 0 Å². The van der Waals surface area contributed by atoms with Gasteiger partial charge in [-0.25, -0.2) is 4.98 Å². The van der Waals surface area contributed by atoms with Gasteiger partial charge in [-0.05, 0) is 31.4 Å². The number of hydrogen-bond donors (Lipinski definition) is 0. The van der Waals surface area contributed by atoms with Gasteiger partial charge in [0.05, 0.1) is 22.5 Å². The summed E-state index contributed by atoms with van der Waals surface area (Å²) in [5.41, 5.74) is 1.25. The summed E-state index contributed by atoms with van der Waals surface area (Å²) in [5.74, 6) is 0.175. The summed E-state index contributed by atoms with van der Waals surface area (Å²) in [4.78, 5) is 27.2. The summed E-state index contributed by atoms with van der Waals surface area (Å²) in [5, 5.41) is 12.0. The maximum atomic E-state index is 12.1. The van der Waals surface area contributed by atoms with Gasteiger partial charge in [0.25, 0.3) is 5.69 Å². The first kappa shape index (κ1) is 18.8. The van der Waals surface area contributed by atoms with E-state index in [0.717, 1.165) is 31.2 Å². The van der Waals surface area contributed by atoms with Crippen LogP contribution in [-0.2, 0) is 6.42 Å². The molecule has 1 heterocycles. The first-order valence-corrected chi connectivity index (χ1v) is 8.73. The largest absolute Gasteiger partial charge is 0.492 e. The van der Waals surface area contributed by atoms with Crippen molar-refractivity contribution < 1.29 is 14.5 Å². The Kier molecular flexibility index (Phi) is 6.44. The average Bonchev–Trinajstić information content (AvgIpc) is 2.60. The highest BCUT2D eigenvalue weighted by Crippen LogP contribution is 2.38. The quantitative estimate of drug-likeness (QED) is 0.280. The molecule has 0 atom stereocenters. The Morgan fingerprint density at radius 2 is 2.04 bits per heavy atom. The molecule has 0 N–H and O–H groups in total. The molecule has 0 saturated carbocycles. The van der Waals surface area contributed by atoms with Crippen LogP contribution in [0.25, 0.3) is 10.9 Å². The van der Waals surface area contributed by atoms with E-state index in [0.29, 0.717) is 24.2 Å². The predicted molar refractivity (Wildman–Crippen MR) is 97.4 cm³/mol. The number of unbranched alkanes of at least 4 members (excludes halogenated alkanes) is 3. The predicted octanol–water partition coefficient (Wildman–Crippen LogP) is 4.87. The van der Waals surface area contributed by atoms with E-state index in [4.69, 9.17) is 4.74 Å². The van der Waals surface area contributed by atoms with Crippen molar-refractivity contribution in [2.75, 3.05) is 6.61 Å². The third-order valence-corrected chi connectivity index (χ3v) is 4.23. The molecule has 0 aliphatic rings. The molecule has 25 heavy (non-hydrogen) atoms. The molecule has 0 bridgehead atoms. The molecule has 2 aromatic rings. The number of pyridine rings is 1. The molecule has 6 nitrogen and oxygen atoms in total. The normalized spacial score (nSPS) is 10.8. The Morgan fingerprint density at radius 3 is 2.64 bits per heavy atom. The number of nitro benzene ring substituents is 1. The lowest BCUT2D eigenvalue weighted by Gasteiger charge is -2.15. The number of aromatic nitrogens is 1. The molecule has 134 valence electrons. The molecule has 0 fully saturated rings. The summed E-state index contributed by atoms with van der Waals surface area (Å²) in [7, 11) is 0. The molecule has 1 aromatic carbocycles. The number of hydrogen-bond acceptors (Lipinski definition) is 5. The van der Waals surface area contributed by atoms with Gasteiger partial charge in [-0.1, -0.05) is 33.1 Å². The fourth-order valence-electron chi connectivity index (χ4n) is 2.90. The highest BCUT2D eigenvalue weighted by atomic mass is 16.6. The van der Waals surface area contributed by atoms with Crippen LogP contribution in [0.5, 0.6) is 5.75 Å². The van der Waals surface area contributed by atoms with Gasteiger partial charge in [0.1, 0.15) is 5.75 Å². The molecule has 2 rings (SSSR count). The third-order valence-electron chi connectivity index (χ3n) is 4.23. The number of non-ortho nitro benzene ring substituents is 1. The molecule has 0 unspecified atom stereocenters. The second-order valence-corrected chi connectivity index (χ2v) is 6.04. The number of nitrogens with zero attached hydrogens (tertiary/aromatic N) is 2. The van der Waals surface area contributed by atoms with E-state index in [9.17, 15) is 14.9 Å². The van der Waals surface area contributed by atoms with E-state index in [2.05, 4.69) is 11.9 Å². The van der Waals surface area contributed by atoms with Gasteiger partial charge in [0.15, 0.2) is 11.3 Å². The lowest BCUT2D eigenvalue weighted by Crippen LogP contribution is -2.07. The first-order chi connectivity index (χ1) is 12.0. The Morgan fingerprint density at radius 1 is 1.28 bits per heavy atom. The van der Waals surface area contributed by atoms with Gasteiger partial charge < -0.3 is 4.74 Å². The van der Waals surface area contributed by atoms with Gasteiger partial charge in [0, 0.05) is 12.3 Å². The van der Waals surface area contributed by atoms with Crippen molar-refractivity contribution in [3.05, 3.63) is 39.6 Å². The van der Waals surface area contributed by atoms with Crippen LogP contribution in [0.4, 0.5) is 5.69 Å². The van der Waals surface area contributed by atoms with Crippen LogP contribution in [0.2, 0.25) is 0 Å². The molecule has 1 aromatic heterocycles. The zero-order valence-electron chi connectivity index (χ0n) is 15.0. The average molecular weight is 344 g/mol. The first-order valence-electron chi connectivity index (χ1n) is 8.73. The summed E-state index contributed by atoms with van der Waals surface area (Å²) in [6.45, 7) is 5.98. The SMILES string of the molecule is CCCCCCOc1c(C(C)=O)cc([N+](=O)[O-])c2nccc(CC)c12. The van der Waals surface area contributed by atoms with Gasteiger partial charge in [0.2, 0.25) is 0 Å². The summed E-state index contributed by atoms with van der Waals surface area (Å²) < 4.78 is 5.95.